The standard InChI is InChI=1S/C10H14N2O5S2/c1-7(13)9-6-8(12(14)15)10(18-9)11-2-4-19(16,17)5-3-11/h6-7,13H,2-5H2,1H3/t7-/m1/s1. The number of aliphatic hydroxyl groups is 1. The molecule has 19 heavy (non-hydrogen) atoms. The summed E-state index contributed by atoms with van der Waals surface area (Å²) in [6, 6.07) is 1.35. The number of hydrogen-bond donors (Lipinski definition) is 1. The number of anilines is 1. The number of sulfone groups is 1. The largest absolute Gasteiger partial charge is 0.388 e. The molecule has 0 saturated carbocycles. The molecule has 106 valence electrons. The van der Waals surface area contributed by atoms with Crippen molar-refractivity contribution in [2.45, 2.75) is 13.0 Å². The second-order valence-electron chi connectivity index (χ2n) is 4.41. The van der Waals surface area contributed by atoms with Gasteiger partial charge >= 0.3 is 5.69 Å². The van der Waals surface area contributed by atoms with Gasteiger partial charge in [0.15, 0.2) is 14.8 Å². The van der Waals surface area contributed by atoms with Gasteiger partial charge in [-0.2, -0.15) is 0 Å². The molecule has 0 aromatic carbocycles. The quantitative estimate of drug-likeness (QED) is 0.659. The molecule has 7 nitrogen and oxygen atoms in total. The third-order valence-electron chi connectivity index (χ3n) is 2.95. The lowest BCUT2D eigenvalue weighted by molar-refractivity contribution is -0.383. The van der Waals surface area contributed by atoms with Gasteiger partial charge in [-0.1, -0.05) is 0 Å². The van der Waals surface area contributed by atoms with Crippen LogP contribution in [0, 0.1) is 10.1 Å². The predicted molar refractivity (Wildman–Crippen MR) is 72.5 cm³/mol. The molecular formula is C10H14N2O5S2. The monoisotopic (exact) mass is 306 g/mol. The molecule has 0 spiro atoms. The fourth-order valence-corrected chi connectivity index (χ4v) is 4.18. The van der Waals surface area contributed by atoms with Crippen molar-refractivity contribution in [2.24, 2.45) is 0 Å². The summed E-state index contributed by atoms with van der Waals surface area (Å²) in [5, 5.41) is 20.9. The van der Waals surface area contributed by atoms with E-state index in [1.54, 1.807) is 11.8 Å². The first-order valence-corrected chi connectivity index (χ1v) is 8.35. The predicted octanol–water partition coefficient (Wildman–Crippen LogP) is 0.944. The molecule has 1 saturated heterocycles. The summed E-state index contributed by atoms with van der Waals surface area (Å²) in [6.45, 7) is 2.05. The van der Waals surface area contributed by atoms with E-state index in [0.29, 0.717) is 9.88 Å². The molecule has 0 amide bonds. The van der Waals surface area contributed by atoms with Crippen LogP contribution >= 0.6 is 11.3 Å². The highest BCUT2D eigenvalue weighted by molar-refractivity contribution is 7.91. The summed E-state index contributed by atoms with van der Waals surface area (Å²) in [6.07, 6.45) is -0.772. The Hall–Kier alpha value is -1.19. The Morgan fingerprint density at radius 3 is 2.53 bits per heavy atom. The van der Waals surface area contributed by atoms with E-state index in [4.69, 9.17) is 0 Å². The molecule has 2 rings (SSSR count). The number of aliphatic hydroxyl groups excluding tert-OH is 1. The lowest BCUT2D eigenvalue weighted by Gasteiger charge is -2.26. The Morgan fingerprint density at radius 2 is 2.05 bits per heavy atom. The molecule has 1 aromatic rings. The molecule has 0 bridgehead atoms. The zero-order valence-corrected chi connectivity index (χ0v) is 11.9. The van der Waals surface area contributed by atoms with Gasteiger partial charge in [0.1, 0.15) is 0 Å². The van der Waals surface area contributed by atoms with Crippen LogP contribution in [0.3, 0.4) is 0 Å². The van der Waals surface area contributed by atoms with E-state index in [1.807, 2.05) is 0 Å². The molecular weight excluding hydrogens is 292 g/mol. The molecule has 1 atom stereocenters. The normalized spacial score (nSPS) is 20.2. The van der Waals surface area contributed by atoms with Crippen LogP contribution in [0.15, 0.2) is 6.07 Å². The van der Waals surface area contributed by atoms with E-state index in [9.17, 15) is 23.6 Å². The highest BCUT2D eigenvalue weighted by atomic mass is 32.2. The van der Waals surface area contributed by atoms with E-state index in [-0.39, 0.29) is 30.3 Å². The number of nitro groups is 1. The molecule has 1 aromatic heterocycles. The van der Waals surface area contributed by atoms with E-state index in [1.165, 1.54) is 6.07 Å². The average molecular weight is 306 g/mol. The summed E-state index contributed by atoms with van der Waals surface area (Å²) in [7, 11) is -3.02. The first kappa shape index (κ1) is 14.2. The number of thiophene rings is 1. The van der Waals surface area contributed by atoms with Crippen molar-refractivity contribution in [3.05, 3.63) is 21.1 Å². The van der Waals surface area contributed by atoms with Crippen LogP contribution in [0.2, 0.25) is 0 Å². The first-order chi connectivity index (χ1) is 8.80. The highest BCUT2D eigenvalue weighted by Gasteiger charge is 2.29. The Kier molecular flexibility index (Phi) is 3.79. The minimum Gasteiger partial charge on any atom is -0.388 e. The smallest absolute Gasteiger partial charge is 0.304 e. The second kappa shape index (κ2) is 5.06. The van der Waals surface area contributed by atoms with Gasteiger partial charge in [0.05, 0.1) is 22.5 Å². The van der Waals surface area contributed by atoms with E-state index >= 15 is 0 Å². The van der Waals surface area contributed by atoms with Crippen molar-refractivity contribution in [1.29, 1.82) is 0 Å². The van der Waals surface area contributed by atoms with Gasteiger partial charge in [-0.15, -0.1) is 11.3 Å². The summed E-state index contributed by atoms with van der Waals surface area (Å²) in [4.78, 5) is 12.7. The maximum Gasteiger partial charge on any atom is 0.304 e. The van der Waals surface area contributed by atoms with Crippen LogP contribution < -0.4 is 4.90 Å². The van der Waals surface area contributed by atoms with Crippen LogP contribution in [0.5, 0.6) is 0 Å². The molecule has 1 aliphatic heterocycles. The van der Waals surface area contributed by atoms with E-state index < -0.39 is 20.9 Å². The number of rotatable bonds is 3. The number of nitrogens with zero attached hydrogens (tertiary/aromatic N) is 2. The third kappa shape index (κ3) is 3.04. The van der Waals surface area contributed by atoms with Crippen LogP contribution in [0.25, 0.3) is 0 Å². The van der Waals surface area contributed by atoms with E-state index in [2.05, 4.69) is 0 Å². The molecule has 2 heterocycles. The lowest BCUT2D eigenvalue weighted by Crippen LogP contribution is -2.40. The van der Waals surface area contributed by atoms with Crippen LogP contribution in [0.4, 0.5) is 10.7 Å². The topological polar surface area (TPSA) is 101 Å². The summed E-state index contributed by atoms with van der Waals surface area (Å²) >= 11 is 1.14. The Morgan fingerprint density at radius 1 is 1.47 bits per heavy atom. The van der Waals surface area contributed by atoms with Gasteiger partial charge in [-0.3, -0.25) is 10.1 Å². The third-order valence-corrected chi connectivity index (χ3v) is 5.92. The maximum atomic E-state index is 11.4. The van der Waals surface area contributed by atoms with Gasteiger partial charge < -0.3 is 10.0 Å². The van der Waals surface area contributed by atoms with Crippen LogP contribution in [0.1, 0.15) is 17.9 Å². The van der Waals surface area contributed by atoms with Crippen molar-refractivity contribution in [2.75, 3.05) is 29.5 Å². The van der Waals surface area contributed by atoms with Crippen molar-refractivity contribution >= 4 is 31.9 Å². The minimum absolute atomic E-state index is 0.00602. The molecule has 1 N–H and O–H groups in total. The molecule has 0 radical (unpaired) electrons. The Balaban J connectivity index is 2.31. The van der Waals surface area contributed by atoms with Crippen molar-refractivity contribution < 1.29 is 18.4 Å². The zero-order chi connectivity index (χ0) is 14.2. The van der Waals surface area contributed by atoms with Gasteiger partial charge in [-0.05, 0) is 6.92 Å². The van der Waals surface area contributed by atoms with Crippen LogP contribution in [-0.2, 0) is 9.84 Å². The maximum absolute atomic E-state index is 11.4. The van der Waals surface area contributed by atoms with Crippen LogP contribution in [-0.4, -0.2) is 43.0 Å². The van der Waals surface area contributed by atoms with Gasteiger partial charge in [0.2, 0.25) is 0 Å². The molecule has 0 unspecified atom stereocenters. The molecule has 1 aliphatic rings. The van der Waals surface area contributed by atoms with Crippen molar-refractivity contribution in [3.63, 3.8) is 0 Å². The summed E-state index contributed by atoms with van der Waals surface area (Å²) < 4.78 is 22.7. The Bertz CT molecular complexity index is 579. The minimum atomic E-state index is -3.02. The molecule has 9 heteroatoms. The zero-order valence-electron chi connectivity index (χ0n) is 10.3. The van der Waals surface area contributed by atoms with E-state index in [0.717, 1.165) is 11.3 Å². The summed E-state index contributed by atoms with van der Waals surface area (Å²) in [5.74, 6) is 0.0120. The lowest BCUT2D eigenvalue weighted by atomic mass is 10.3. The fourth-order valence-electron chi connectivity index (χ4n) is 1.87. The highest BCUT2D eigenvalue weighted by Crippen LogP contribution is 2.40. The Labute approximate surface area is 114 Å². The van der Waals surface area contributed by atoms with Gasteiger partial charge in [0, 0.05) is 24.0 Å². The first-order valence-electron chi connectivity index (χ1n) is 5.72. The molecule has 1 fully saturated rings. The average Bonchev–Trinajstić information content (AvgIpc) is 2.74. The number of hydrogen-bond acceptors (Lipinski definition) is 7. The molecule has 0 aliphatic carbocycles. The SMILES string of the molecule is C[C@@H](O)c1cc([N+](=O)[O-])c(N2CCS(=O)(=O)CC2)s1. The summed E-state index contributed by atoms with van der Waals surface area (Å²) in [5.41, 5.74) is -0.0693. The van der Waals surface area contributed by atoms with Gasteiger partial charge in [-0.25, -0.2) is 8.42 Å². The second-order valence-corrected chi connectivity index (χ2v) is 7.78. The van der Waals surface area contributed by atoms with Crippen molar-refractivity contribution in [1.82, 2.24) is 0 Å². The van der Waals surface area contributed by atoms with Crippen molar-refractivity contribution in [3.8, 4) is 0 Å². The fraction of sp³-hybridized carbons (Fsp3) is 0.600. The van der Waals surface area contributed by atoms with Gasteiger partial charge in [0.25, 0.3) is 0 Å².